The van der Waals surface area contributed by atoms with Crippen molar-refractivity contribution in [3.8, 4) is 0 Å². The fraction of sp³-hybridized carbons (Fsp3) is 0.333. The van der Waals surface area contributed by atoms with Crippen molar-refractivity contribution in [1.29, 1.82) is 0 Å². The molecule has 0 aliphatic heterocycles. The molecule has 0 aliphatic rings. The highest BCUT2D eigenvalue weighted by atomic mass is 16.3. The Hall–Kier alpha value is -2.60. The average molecular weight is 329 g/mol. The Bertz CT molecular complexity index is 665. The summed E-state index contributed by atoms with van der Waals surface area (Å²) in [5, 5.41) is 5.61. The molecule has 0 saturated heterocycles. The maximum absolute atomic E-state index is 12.3. The minimum absolute atomic E-state index is 0.128. The van der Waals surface area contributed by atoms with Gasteiger partial charge in [0.25, 0.3) is 0 Å². The van der Waals surface area contributed by atoms with Crippen LogP contribution in [0.25, 0.3) is 0 Å². The van der Waals surface area contributed by atoms with Crippen LogP contribution in [0, 0.1) is 6.92 Å². The number of aryl methyl sites for hydroxylation is 1. The summed E-state index contributed by atoms with van der Waals surface area (Å²) in [4.78, 5) is 25.9. The van der Waals surface area contributed by atoms with Gasteiger partial charge in [0, 0.05) is 5.69 Å². The minimum Gasteiger partial charge on any atom is -0.467 e. The normalized spacial score (nSPS) is 12.0. The van der Waals surface area contributed by atoms with Gasteiger partial charge in [0.15, 0.2) is 0 Å². The van der Waals surface area contributed by atoms with Crippen LogP contribution in [0.1, 0.15) is 18.2 Å². The quantitative estimate of drug-likeness (QED) is 0.816. The molecule has 2 aromatic rings. The average Bonchev–Trinajstić information content (AvgIpc) is 3.07. The second-order valence-electron chi connectivity index (χ2n) is 5.80. The van der Waals surface area contributed by atoms with E-state index in [0.717, 1.165) is 11.3 Å². The number of carbonyl (C=O) groups is 2. The summed E-state index contributed by atoms with van der Waals surface area (Å²) in [6.07, 6.45) is 1.56. The first-order valence-corrected chi connectivity index (χ1v) is 7.82. The third-order valence-corrected chi connectivity index (χ3v) is 3.79. The molecule has 0 aliphatic carbocycles. The highest BCUT2D eigenvalue weighted by Crippen LogP contribution is 2.10. The number of amides is 2. The van der Waals surface area contributed by atoms with Crippen LogP contribution >= 0.6 is 0 Å². The lowest BCUT2D eigenvalue weighted by atomic mass is 10.2. The Labute approximate surface area is 141 Å². The standard InChI is InChI=1S/C18H23N3O3/c1-13-6-8-15(9-7-13)20-18(23)14(2)21(3)12-17(22)19-11-16-5-4-10-24-16/h4-10,14H,11-12H2,1-3H3,(H,19,22)(H,20,23). The molecule has 6 heteroatoms. The van der Waals surface area contributed by atoms with E-state index in [1.165, 1.54) is 0 Å². The number of likely N-dealkylation sites (N-methyl/N-ethyl adjacent to an activating group) is 1. The van der Waals surface area contributed by atoms with Crippen LogP contribution in [0.4, 0.5) is 5.69 Å². The lowest BCUT2D eigenvalue weighted by Crippen LogP contribution is -2.44. The van der Waals surface area contributed by atoms with Gasteiger partial charge >= 0.3 is 0 Å². The monoisotopic (exact) mass is 329 g/mol. The predicted molar refractivity (Wildman–Crippen MR) is 92.5 cm³/mol. The Kier molecular flexibility index (Phi) is 6.14. The number of hydrogen-bond donors (Lipinski definition) is 2. The molecular formula is C18H23N3O3. The number of benzene rings is 1. The van der Waals surface area contributed by atoms with E-state index in [1.807, 2.05) is 31.2 Å². The highest BCUT2D eigenvalue weighted by molar-refractivity contribution is 5.94. The highest BCUT2D eigenvalue weighted by Gasteiger charge is 2.20. The van der Waals surface area contributed by atoms with Gasteiger partial charge in [0.1, 0.15) is 5.76 Å². The molecule has 6 nitrogen and oxygen atoms in total. The molecule has 1 unspecified atom stereocenters. The Morgan fingerprint density at radius 2 is 1.92 bits per heavy atom. The second-order valence-corrected chi connectivity index (χ2v) is 5.80. The van der Waals surface area contributed by atoms with E-state index >= 15 is 0 Å². The van der Waals surface area contributed by atoms with Gasteiger partial charge in [-0.3, -0.25) is 14.5 Å². The Morgan fingerprint density at radius 1 is 1.21 bits per heavy atom. The molecule has 2 N–H and O–H groups in total. The van der Waals surface area contributed by atoms with Gasteiger partial charge in [0.05, 0.1) is 25.4 Å². The molecule has 128 valence electrons. The van der Waals surface area contributed by atoms with E-state index in [9.17, 15) is 9.59 Å². The van der Waals surface area contributed by atoms with E-state index in [4.69, 9.17) is 4.42 Å². The Balaban J connectivity index is 1.79. The summed E-state index contributed by atoms with van der Waals surface area (Å²) >= 11 is 0. The van der Waals surface area contributed by atoms with E-state index < -0.39 is 6.04 Å². The first kappa shape index (κ1) is 17.7. The van der Waals surface area contributed by atoms with Gasteiger partial charge < -0.3 is 15.1 Å². The molecular weight excluding hydrogens is 306 g/mol. The fourth-order valence-electron chi connectivity index (χ4n) is 2.10. The molecule has 1 heterocycles. The molecule has 0 bridgehead atoms. The van der Waals surface area contributed by atoms with Crippen LogP contribution in [0.3, 0.4) is 0 Å². The summed E-state index contributed by atoms with van der Waals surface area (Å²) in [6.45, 7) is 4.22. The predicted octanol–water partition coefficient (Wildman–Crippen LogP) is 2.16. The van der Waals surface area contributed by atoms with Crippen molar-refractivity contribution in [2.24, 2.45) is 0 Å². The van der Waals surface area contributed by atoms with Crippen molar-refractivity contribution in [1.82, 2.24) is 10.2 Å². The number of rotatable bonds is 7. The van der Waals surface area contributed by atoms with Crippen molar-refractivity contribution in [3.05, 3.63) is 54.0 Å². The SMILES string of the molecule is Cc1ccc(NC(=O)C(C)N(C)CC(=O)NCc2ccco2)cc1. The lowest BCUT2D eigenvalue weighted by molar-refractivity contribution is -0.125. The minimum atomic E-state index is -0.430. The van der Waals surface area contributed by atoms with Crippen LogP contribution in [0.2, 0.25) is 0 Å². The molecule has 1 aromatic heterocycles. The van der Waals surface area contributed by atoms with Crippen LogP contribution in [0.5, 0.6) is 0 Å². The van der Waals surface area contributed by atoms with Crippen molar-refractivity contribution < 1.29 is 14.0 Å². The van der Waals surface area contributed by atoms with E-state index in [2.05, 4.69) is 10.6 Å². The molecule has 2 amide bonds. The summed E-state index contributed by atoms with van der Waals surface area (Å²) < 4.78 is 5.16. The number of carbonyl (C=O) groups excluding carboxylic acids is 2. The molecule has 0 radical (unpaired) electrons. The molecule has 0 saturated carbocycles. The van der Waals surface area contributed by atoms with Gasteiger partial charge in [-0.25, -0.2) is 0 Å². The number of furan rings is 1. The zero-order valence-corrected chi connectivity index (χ0v) is 14.2. The fourth-order valence-corrected chi connectivity index (χ4v) is 2.10. The van der Waals surface area contributed by atoms with Gasteiger partial charge in [-0.1, -0.05) is 17.7 Å². The van der Waals surface area contributed by atoms with Gasteiger partial charge in [-0.2, -0.15) is 0 Å². The smallest absolute Gasteiger partial charge is 0.241 e. The van der Waals surface area contributed by atoms with Crippen molar-refractivity contribution in [2.75, 3.05) is 18.9 Å². The van der Waals surface area contributed by atoms with Gasteiger partial charge in [-0.05, 0) is 45.2 Å². The number of nitrogens with one attached hydrogen (secondary N) is 2. The summed E-state index contributed by atoms with van der Waals surface area (Å²) in [6, 6.07) is 10.7. The summed E-state index contributed by atoms with van der Waals surface area (Å²) in [5.74, 6) is 0.375. The third-order valence-electron chi connectivity index (χ3n) is 3.79. The maximum atomic E-state index is 12.3. The summed E-state index contributed by atoms with van der Waals surface area (Å²) in [5.41, 5.74) is 1.87. The van der Waals surface area contributed by atoms with Crippen LogP contribution in [0.15, 0.2) is 47.1 Å². The van der Waals surface area contributed by atoms with Gasteiger partial charge in [0.2, 0.25) is 11.8 Å². The van der Waals surface area contributed by atoms with E-state index in [-0.39, 0.29) is 18.4 Å². The Morgan fingerprint density at radius 3 is 2.54 bits per heavy atom. The topological polar surface area (TPSA) is 74.6 Å². The second kappa shape index (κ2) is 8.31. The lowest BCUT2D eigenvalue weighted by Gasteiger charge is -2.23. The first-order valence-electron chi connectivity index (χ1n) is 7.82. The summed E-state index contributed by atoms with van der Waals surface area (Å²) in [7, 11) is 1.74. The van der Waals surface area contributed by atoms with Crippen molar-refractivity contribution in [3.63, 3.8) is 0 Å². The third kappa shape index (κ3) is 5.24. The molecule has 24 heavy (non-hydrogen) atoms. The van der Waals surface area contributed by atoms with Crippen molar-refractivity contribution in [2.45, 2.75) is 26.4 Å². The van der Waals surface area contributed by atoms with Crippen molar-refractivity contribution >= 4 is 17.5 Å². The maximum Gasteiger partial charge on any atom is 0.241 e. The van der Waals surface area contributed by atoms with E-state index in [0.29, 0.717) is 12.3 Å². The first-order chi connectivity index (χ1) is 11.5. The number of anilines is 1. The zero-order valence-electron chi connectivity index (χ0n) is 14.2. The van der Waals surface area contributed by atoms with E-state index in [1.54, 1.807) is 37.3 Å². The molecule has 0 fully saturated rings. The zero-order chi connectivity index (χ0) is 17.5. The van der Waals surface area contributed by atoms with Gasteiger partial charge in [-0.15, -0.1) is 0 Å². The molecule has 1 atom stereocenters. The van der Waals surface area contributed by atoms with Crippen LogP contribution < -0.4 is 10.6 Å². The largest absolute Gasteiger partial charge is 0.467 e. The number of hydrogen-bond acceptors (Lipinski definition) is 4. The molecule has 1 aromatic carbocycles. The van der Waals surface area contributed by atoms with Crippen LogP contribution in [-0.4, -0.2) is 36.3 Å². The molecule has 2 rings (SSSR count). The molecule has 0 spiro atoms. The van der Waals surface area contributed by atoms with Crippen LogP contribution in [-0.2, 0) is 16.1 Å². The number of nitrogens with zero attached hydrogens (tertiary/aromatic N) is 1.